The number of ketones is 1. The highest BCUT2D eigenvalue weighted by Crippen LogP contribution is 2.31. The highest BCUT2D eigenvalue weighted by atomic mass is 16.5. The SMILES string of the molecule is COc1ccc2c(c1)OC/C(=C\c1coc3ccc(C)cc3c1=O)C2=O. The van der Waals surface area contributed by atoms with Gasteiger partial charge in [-0.3, -0.25) is 9.59 Å². The van der Waals surface area contributed by atoms with Crippen LogP contribution in [-0.4, -0.2) is 19.5 Å². The zero-order valence-electron chi connectivity index (χ0n) is 14.4. The summed E-state index contributed by atoms with van der Waals surface area (Å²) in [4.78, 5) is 25.4. The molecular weight excluding hydrogens is 332 g/mol. The van der Waals surface area contributed by atoms with E-state index in [2.05, 4.69) is 0 Å². The van der Waals surface area contributed by atoms with Gasteiger partial charge in [0.2, 0.25) is 0 Å². The average Bonchev–Trinajstić information content (AvgIpc) is 2.66. The number of hydrogen-bond acceptors (Lipinski definition) is 5. The van der Waals surface area contributed by atoms with Gasteiger partial charge in [0.25, 0.3) is 0 Å². The highest BCUT2D eigenvalue weighted by molar-refractivity contribution is 6.14. The van der Waals surface area contributed by atoms with Gasteiger partial charge in [0.15, 0.2) is 11.2 Å². The Labute approximate surface area is 149 Å². The molecule has 0 saturated carbocycles. The normalized spacial score (nSPS) is 15.0. The van der Waals surface area contributed by atoms with E-state index in [-0.39, 0.29) is 17.8 Å². The molecular formula is C21H16O5. The second-order valence-corrected chi connectivity index (χ2v) is 6.17. The van der Waals surface area contributed by atoms with Crippen molar-refractivity contribution in [2.75, 3.05) is 13.7 Å². The van der Waals surface area contributed by atoms with Crippen molar-refractivity contribution in [1.29, 1.82) is 0 Å². The van der Waals surface area contributed by atoms with Crippen LogP contribution in [0.5, 0.6) is 11.5 Å². The van der Waals surface area contributed by atoms with Crippen molar-refractivity contribution < 1.29 is 18.7 Å². The maximum Gasteiger partial charge on any atom is 0.199 e. The standard InChI is InChI=1S/C21H16O5/c1-12-3-6-18-17(7-12)21(23)14(10-25-18)8-13-11-26-19-9-15(24-2)4-5-16(19)20(13)22/h3-10H,11H2,1-2H3/b13-8+. The number of carbonyl (C=O) groups is 1. The predicted octanol–water partition coefficient (Wildman–Crippen LogP) is 3.77. The van der Waals surface area contributed by atoms with Gasteiger partial charge >= 0.3 is 0 Å². The molecule has 26 heavy (non-hydrogen) atoms. The molecule has 3 aromatic rings. The third kappa shape index (κ3) is 2.67. The summed E-state index contributed by atoms with van der Waals surface area (Å²) in [6, 6.07) is 10.5. The summed E-state index contributed by atoms with van der Waals surface area (Å²) in [6.07, 6.45) is 2.92. The first kappa shape index (κ1) is 16.1. The third-order valence-corrected chi connectivity index (χ3v) is 4.39. The smallest absolute Gasteiger partial charge is 0.199 e. The molecule has 0 bridgehead atoms. The number of carbonyl (C=O) groups excluding carboxylic acids is 1. The molecule has 5 heteroatoms. The summed E-state index contributed by atoms with van der Waals surface area (Å²) in [5.41, 5.74) is 2.50. The van der Waals surface area contributed by atoms with Crippen LogP contribution in [0, 0.1) is 6.92 Å². The monoisotopic (exact) mass is 348 g/mol. The van der Waals surface area contributed by atoms with Crippen LogP contribution in [0.25, 0.3) is 17.0 Å². The minimum Gasteiger partial charge on any atom is -0.497 e. The van der Waals surface area contributed by atoms with Gasteiger partial charge in [0, 0.05) is 11.6 Å². The third-order valence-electron chi connectivity index (χ3n) is 4.39. The van der Waals surface area contributed by atoms with Crippen LogP contribution in [0.3, 0.4) is 0 Å². The molecule has 1 aliphatic rings. The zero-order valence-corrected chi connectivity index (χ0v) is 14.4. The Bertz CT molecular complexity index is 1120. The van der Waals surface area contributed by atoms with Crippen molar-refractivity contribution in [2.45, 2.75) is 6.92 Å². The van der Waals surface area contributed by atoms with Gasteiger partial charge in [-0.05, 0) is 37.3 Å². The van der Waals surface area contributed by atoms with Crippen LogP contribution < -0.4 is 14.9 Å². The fraction of sp³-hybridized carbons (Fsp3) is 0.143. The van der Waals surface area contributed by atoms with E-state index in [4.69, 9.17) is 13.9 Å². The lowest BCUT2D eigenvalue weighted by molar-refractivity contribution is 0.100. The van der Waals surface area contributed by atoms with E-state index in [0.29, 0.717) is 39.2 Å². The molecule has 0 atom stereocenters. The lowest BCUT2D eigenvalue weighted by atomic mass is 9.98. The molecule has 5 nitrogen and oxygen atoms in total. The molecule has 0 spiro atoms. The van der Waals surface area contributed by atoms with Gasteiger partial charge in [-0.1, -0.05) is 11.6 Å². The lowest BCUT2D eigenvalue weighted by Gasteiger charge is -2.19. The number of methoxy groups -OCH3 is 1. The molecule has 2 heterocycles. The summed E-state index contributed by atoms with van der Waals surface area (Å²) >= 11 is 0. The van der Waals surface area contributed by atoms with Crippen LogP contribution in [0.2, 0.25) is 0 Å². The van der Waals surface area contributed by atoms with E-state index < -0.39 is 0 Å². The highest BCUT2D eigenvalue weighted by Gasteiger charge is 2.24. The van der Waals surface area contributed by atoms with Gasteiger partial charge in [0.1, 0.15) is 30.0 Å². The summed E-state index contributed by atoms with van der Waals surface area (Å²) in [6.45, 7) is 2.00. The molecule has 0 saturated heterocycles. The number of aryl methyl sites for hydroxylation is 1. The van der Waals surface area contributed by atoms with Crippen molar-refractivity contribution in [3.63, 3.8) is 0 Å². The fourth-order valence-electron chi connectivity index (χ4n) is 2.99. The van der Waals surface area contributed by atoms with E-state index in [1.807, 2.05) is 13.0 Å². The van der Waals surface area contributed by atoms with Gasteiger partial charge in [-0.25, -0.2) is 0 Å². The molecule has 2 aromatic carbocycles. The Morgan fingerprint density at radius 3 is 2.77 bits per heavy atom. The first-order valence-corrected chi connectivity index (χ1v) is 8.15. The summed E-state index contributed by atoms with van der Waals surface area (Å²) in [7, 11) is 1.55. The topological polar surface area (TPSA) is 65.7 Å². The Balaban J connectivity index is 1.77. The zero-order chi connectivity index (χ0) is 18.3. The van der Waals surface area contributed by atoms with E-state index in [9.17, 15) is 9.59 Å². The summed E-state index contributed by atoms with van der Waals surface area (Å²) in [5.74, 6) is 0.930. The van der Waals surface area contributed by atoms with Crippen molar-refractivity contribution >= 4 is 22.8 Å². The second-order valence-electron chi connectivity index (χ2n) is 6.17. The Morgan fingerprint density at radius 2 is 1.96 bits per heavy atom. The first-order chi connectivity index (χ1) is 12.6. The summed E-state index contributed by atoms with van der Waals surface area (Å²) < 4.78 is 16.4. The number of ether oxygens (including phenoxy) is 2. The molecule has 0 radical (unpaired) electrons. The van der Waals surface area contributed by atoms with Crippen molar-refractivity contribution in [3.05, 3.63) is 75.1 Å². The van der Waals surface area contributed by atoms with Gasteiger partial charge in [0.05, 0.1) is 23.6 Å². The number of benzene rings is 2. The molecule has 0 amide bonds. The van der Waals surface area contributed by atoms with Crippen molar-refractivity contribution in [2.24, 2.45) is 0 Å². The van der Waals surface area contributed by atoms with E-state index in [1.54, 1.807) is 43.5 Å². The molecule has 0 N–H and O–H groups in total. The second kappa shape index (κ2) is 6.19. The maximum atomic E-state index is 12.7. The fourth-order valence-corrected chi connectivity index (χ4v) is 2.99. The molecule has 130 valence electrons. The van der Waals surface area contributed by atoms with Crippen molar-refractivity contribution in [1.82, 2.24) is 0 Å². The van der Waals surface area contributed by atoms with Gasteiger partial charge in [-0.15, -0.1) is 0 Å². The number of Topliss-reactive ketones (excluding diaryl/α,β-unsaturated/α-hetero) is 1. The number of fused-ring (bicyclic) bond motifs is 2. The summed E-state index contributed by atoms with van der Waals surface area (Å²) in [5, 5.41) is 0.494. The largest absolute Gasteiger partial charge is 0.497 e. The molecule has 0 aliphatic carbocycles. The quantitative estimate of drug-likeness (QED) is 0.660. The van der Waals surface area contributed by atoms with Gasteiger partial charge in [-0.2, -0.15) is 0 Å². The predicted molar refractivity (Wildman–Crippen MR) is 98.0 cm³/mol. The minimum atomic E-state index is -0.171. The Morgan fingerprint density at radius 1 is 1.12 bits per heavy atom. The van der Waals surface area contributed by atoms with Crippen LogP contribution in [-0.2, 0) is 0 Å². The van der Waals surface area contributed by atoms with E-state index >= 15 is 0 Å². The molecule has 0 unspecified atom stereocenters. The average molecular weight is 348 g/mol. The Hall–Kier alpha value is -3.34. The van der Waals surface area contributed by atoms with Crippen LogP contribution in [0.1, 0.15) is 21.5 Å². The lowest BCUT2D eigenvalue weighted by Crippen LogP contribution is -2.19. The first-order valence-electron chi connectivity index (χ1n) is 8.15. The van der Waals surface area contributed by atoms with Crippen molar-refractivity contribution in [3.8, 4) is 11.5 Å². The number of rotatable bonds is 2. The molecule has 1 aromatic heterocycles. The van der Waals surface area contributed by atoms with Crippen LogP contribution in [0.4, 0.5) is 0 Å². The Kier molecular flexibility index (Phi) is 3.84. The van der Waals surface area contributed by atoms with E-state index in [1.165, 1.54) is 6.26 Å². The minimum absolute atomic E-state index is 0.0876. The molecule has 4 rings (SSSR count). The van der Waals surface area contributed by atoms with Crippen LogP contribution >= 0.6 is 0 Å². The molecule has 0 fully saturated rings. The van der Waals surface area contributed by atoms with Crippen LogP contribution in [0.15, 0.2) is 57.4 Å². The van der Waals surface area contributed by atoms with Gasteiger partial charge < -0.3 is 13.9 Å². The van der Waals surface area contributed by atoms with E-state index in [0.717, 1.165) is 5.56 Å². The number of hydrogen-bond donors (Lipinski definition) is 0. The maximum absolute atomic E-state index is 12.7. The molecule has 1 aliphatic heterocycles.